The van der Waals surface area contributed by atoms with Gasteiger partial charge in [-0.1, -0.05) is 12.1 Å². The van der Waals surface area contributed by atoms with Crippen LogP contribution in [-0.2, 0) is 23.8 Å². The number of hydrogen-bond donors (Lipinski definition) is 3. The molecule has 214 valence electrons. The van der Waals surface area contributed by atoms with E-state index < -0.39 is 41.4 Å². The highest BCUT2D eigenvalue weighted by Gasteiger charge is 2.33. The van der Waals surface area contributed by atoms with Gasteiger partial charge in [-0.25, -0.2) is 4.39 Å². The van der Waals surface area contributed by atoms with Gasteiger partial charge in [-0.2, -0.15) is 13.2 Å². The van der Waals surface area contributed by atoms with Crippen LogP contribution in [0.5, 0.6) is 5.75 Å². The lowest BCUT2D eigenvalue weighted by Gasteiger charge is -2.19. The van der Waals surface area contributed by atoms with Crippen molar-refractivity contribution in [2.24, 2.45) is 5.73 Å². The molecule has 0 aliphatic rings. The average Bonchev–Trinajstić information content (AvgIpc) is 2.85. The third-order valence-corrected chi connectivity index (χ3v) is 6.05. The van der Waals surface area contributed by atoms with Crippen molar-refractivity contribution in [3.63, 3.8) is 0 Å². The van der Waals surface area contributed by atoms with Crippen molar-refractivity contribution in [2.45, 2.75) is 32.4 Å². The minimum absolute atomic E-state index is 0.0140. The lowest BCUT2D eigenvalue weighted by molar-refractivity contribution is -0.137. The summed E-state index contributed by atoms with van der Waals surface area (Å²) >= 11 is 0. The number of amides is 2. The van der Waals surface area contributed by atoms with Crippen LogP contribution in [0.2, 0.25) is 0 Å². The Kier molecular flexibility index (Phi) is 9.69. The normalized spacial score (nSPS) is 11.5. The summed E-state index contributed by atoms with van der Waals surface area (Å²) in [6.45, 7) is 2.59. The molecule has 12 heteroatoms. The maximum atomic E-state index is 15.0. The number of nitrogens with two attached hydrogens (primary N) is 1. The Hall–Kier alpha value is -4.19. The number of H-pyrrole nitrogens is 1. The fourth-order valence-corrected chi connectivity index (χ4v) is 4.19. The number of rotatable bonds is 11. The van der Waals surface area contributed by atoms with Gasteiger partial charge in [-0.3, -0.25) is 14.4 Å². The zero-order valence-corrected chi connectivity index (χ0v) is 22.2. The van der Waals surface area contributed by atoms with Gasteiger partial charge in [0.25, 0.3) is 5.56 Å². The predicted molar refractivity (Wildman–Crippen MR) is 143 cm³/mol. The molecule has 0 aliphatic carbocycles. The van der Waals surface area contributed by atoms with Gasteiger partial charge in [-0.15, -0.1) is 0 Å². The second-order valence-electron chi connectivity index (χ2n) is 9.36. The number of nitrogens with zero attached hydrogens (tertiary/aromatic N) is 1. The van der Waals surface area contributed by atoms with Crippen molar-refractivity contribution >= 4 is 17.5 Å². The molecule has 3 aromatic rings. The number of halogens is 4. The average molecular weight is 563 g/mol. The first kappa shape index (κ1) is 30.4. The van der Waals surface area contributed by atoms with Crippen molar-refractivity contribution in [1.29, 1.82) is 0 Å². The van der Waals surface area contributed by atoms with Crippen LogP contribution in [-0.4, -0.2) is 48.9 Å². The molecule has 0 saturated carbocycles. The number of aromatic nitrogens is 1. The molecule has 3 rings (SSSR count). The lowest BCUT2D eigenvalue weighted by atomic mass is 9.96. The standard InChI is InChI=1S/C28H30F4N4O4/c1-4-40-24-14-25(37)34-15-21(24)16-7-8-17(22(29)10-16)11-26(38)35-23-13-18(28(30,31)32)12-20(27(33)39)19(23)6-5-9-36(2)3/h7-8,10,12-15H,4-6,9,11H2,1-3H3,(H2,33,39)(H,34,37)(H,35,38). The molecule has 0 atom stereocenters. The smallest absolute Gasteiger partial charge is 0.416 e. The molecule has 0 radical (unpaired) electrons. The molecule has 0 unspecified atom stereocenters. The van der Waals surface area contributed by atoms with Gasteiger partial charge in [-0.05, 0) is 75.3 Å². The van der Waals surface area contributed by atoms with E-state index in [1.54, 1.807) is 6.92 Å². The van der Waals surface area contributed by atoms with Crippen LogP contribution in [0.1, 0.15) is 40.4 Å². The van der Waals surface area contributed by atoms with Gasteiger partial charge in [0.15, 0.2) is 0 Å². The molecule has 0 bridgehead atoms. The zero-order chi connectivity index (χ0) is 29.6. The fraction of sp³-hybridized carbons (Fsp3) is 0.321. The van der Waals surface area contributed by atoms with Gasteiger partial charge < -0.3 is 25.7 Å². The van der Waals surface area contributed by atoms with Crippen LogP contribution in [0, 0.1) is 5.82 Å². The van der Waals surface area contributed by atoms with Gasteiger partial charge in [0.2, 0.25) is 11.8 Å². The van der Waals surface area contributed by atoms with E-state index in [1.807, 2.05) is 19.0 Å². The number of carbonyl (C=O) groups is 2. The van der Waals surface area contributed by atoms with E-state index in [2.05, 4.69) is 10.3 Å². The summed E-state index contributed by atoms with van der Waals surface area (Å²) in [7, 11) is 3.64. The lowest BCUT2D eigenvalue weighted by Crippen LogP contribution is -2.22. The number of hydrogen-bond acceptors (Lipinski definition) is 5. The first-order valence-corrected chi connectivity index (χ1v) is 12.4. The van der Waals surface area contributed by atoms with Crippen molar-refractivity contribution < 1.29 is 31.9 Å². The molecular weight excluding hydrogens is 532 g/mol. The SMILES string of the molecule is CCOc1cc(=O)[nH]cc1-c1ccc(CC(=O)Nc2cc(C(F)(F)F)cc(C(N)=O)c2CCCN(C)C)c(F)c1. The Balaban J connectivity index is 1.91. The highest BCUT2D eigenvalue weighted by Crippen LogP contribution is 2.35. The highest BCUT2D eigenvalue weighted by molar-refractivity contribution is 5.99. The number of alkyl halides is 3. The minimum atomic E-state index is -4.80. The summed E-state index contributed by atoms with van der Waals surface area (Å²) in [5.41, 5.74) is 4.28. The van der Waals surface area contributed by atoms with E-state index in [0.717, 1.165) is 6.07 Å². The van der Waals surface area contributed by atoms with E-state index in [1.165, 1.54) is 30.5 Å². The van der Waals surface area contributed by atoms with E-state index in [4.69, 9.17) is 10.5 Å². The minimum Gasteiger partial charge on any atom is -0.493 e. The predicted octanol–water partition coefficient (Wildman–Crippen LogP) is 4.37. The Morgan fingerprint density at radius 2 is 1.85 bits per heavy atom. The summed E-state index contributed by atoms with van der Waals surface area (Å²) < 4.78 is 61.2. The van der Waals surface area contributed by atoms with Crippen molar-refractivity contribution in [3.8, 4) is 16.9 Å². The first-order chi connectivity index (χ1) is 18.8. The van der Waals surface area contributed by atoms with Crippen molar-refractivity contribution in [1.82, 2.24) is 9.88 Å². The van der Waals surface area contributed by atoms with Crippen LogP contribution in [0.3, 0.4) is 0 Å². The Bertz CT molecular complexity index is 1450. The zero-order valence-electron chi connectivity index (χ0n) is 22.2. The second-order valence-corrected chi connectivity index (χ2v) is 9.36. The van der Waals surface area contributed by atoms with Crippen molar-refractivity contribution in [2.75, 3.05) is 32.6 Å². The quantitative estimate of drug-likeness (QED) is 0.300. The molecule has 8 nitrogen and oxygen atoms in total. The molecule has 1 aromatic heterocycles. The number of aromatic amines is 1. The third-order valence-electron chi connectivity index (χ3n) is 6.05. The molecule has 4 N–H and O–H groups in total. The monoisotopic (exact) mass is 562 g/mol. The second kappa shape index (κ2) is 12.8. The topological polar surface area (TPSA) is 118 Å². The molecule has 0 spiro atoms. The van der Waals surface area contributed by atoms with Gasteiger partial charge in [0.1, 0.15) is 11.6 Å². The van der Waals surface area contributed by atoms with E-state index in [-0.39, 0.29) is 41.2 Å². The van der Waals surface area contributed by atoms with Crippen LogP contribution >= 0.6 is 0 Å². The number of pyridine rings is 1. The Morgan fingerprint density at radius 3 is 2.45 bits per heavy atom. The maximum Gasteiger partial charge on any atom is 0.416 e. The number of primary amides is 1. The first-order valence-electron chi connectivity index (χ1n) is 12.4. The molecule has 2 aromatic carbocycles. The summed E-state index contributed by atoms with van der Waals surface area (Å²) in [4.78, 5) is 41.0. The number of benzene rings is 2. The van der Waals surface area contributed by atoms with Crippen LogP contribution < -0.4 is 21.3 Å². The van der Waals surface area contributed by atoms with Crippen LogP contribution in [0.4, 0.5) is 23.2 Å². The molecule has 2 amide bonds. The van der Waals surface area contributed by atoms with Crippen molar-refractivity contribution in [3.05, 3.63) is 81.0 Å². The Labute approximate surface area is 228 Å². The molecular formula is C28H30F4N4O4. The number of carbonyl (C=O) groups excluding carboxylic acids is 2. The molecule has 40 heavy (non-hydrogen) atoms. The van der Waals surface area contributed by atoms with Crippen LogP contribution in [0.15, 0.2) is 47.4 Å². The molecule has 0 saturated heterocycles. The molecule has 0 aliphatic heterocycles. The van der Waals surface area contributed by atoms with E-state index >= 15 is 4.39 Å². The van der Waals surface area contributed by atoms with Gasteiger partial charge in [0, 0.05) is 29.1 Å². The summed E-state index contributed by atoms with van der Waals surface area (Å²) in [6, 6.07) is 6.73. The summed E-state index contributed by atoms with van der Waals surface area (Å²) in [5, 5.41) is 2.42. The molecule has 0 fully saturated rings. The largest absolute Gasteiger partial charge is 0.493 e. The summed E-state index contributed by atoms with van der Waals surface area (Å²) in [6.07, 6.45) is -3.25. The highest BCUT2D eigenvalue weighted by atomic mass is 19.4. The maximum absolute atomic E-state index is 15.0. The van der Waals surface area contributed by atoms with Crippen LogP contribution in [0.25, 0.3) is 11.1 Å². The fourth-order valence-electron chi connectivity index (χ4n) is 4.19. The Morgan fingerprint density at radius 1 is 1.12 bits per heavy atom. The molecule has 1 heterocycles. The number of anilines is 1. The summed E-state index contributed by atoms with van der Waals surface area (Å²) in [5.74, 6) is -2.33. The van der Waals surface area contributed by atoms with E-state index in [9.17, 15) is 27.6 Å². The number of nitrogens with one attached hydrogen (secondary N) is 2. The number of ether oxygens (including phenoxy) is 1. The van der Waals surface area contributed by atoms with Gasteiger partial charge in [0.05, 0.1) is 18.6 Å². The van der Waals surface area contributed by atoms with E-state index in [0.29, 0.717) is 30.2 Å². The van der Waals surface area contributed by atoms with Gasteiger partial charge >= 0.3 is 6.18 Å². The third kappa shape index (κ3) is 7.69.